The first-order valence-corrected chi connectivity index (χ1v) is 9.24. The van der Waals surface area contributed by atoms with E-state index in [9.17, 15) is 4.79 Å². The van der Waals surface area contributed by atoms with Crippen molar-refractivity contribution in [2.24, 2.45) is 0 Å². The van der Waals surface area contributed by atoms with E-state index in [0.29, 0.717) is 0 Å². The molecule has 2 aromatic rings. The number of cyclic esters (lactones) is 1. The zero-order valence-corrected chi connectivity index (χ0v) is 15.6. The molecule has 0 spiro atoms. The predicted molar refractivity (Wildman–Crippen MR) is 105 cm³/mol. The van der Waals surface area contributed by atoms with Gasteiger partial charge in [-0.05, 0) is 44.2 Å². The van der Waals surface area contributed by atoms with Gasteiger partial charge in [0.15, 0.2) is 0 Å². The first-order chi connectivity index (χ1) is 12.5. The summed E-state index contributed by atoms with van der Waals surface area (Å²) in [4.78, 5) is 14.7. The van der Waals surface area contributed by atoms with Crippen molar-refractivity contribution in [2.75, 3.05) is 0 Å². The van der Waals surface area contributed by atoms with Crippen LogP contribution in [-0.4, -0.2) is 22.6 Å². The lowest BCUT2D eigenvalue weighted by atomic mass is 9.89. The molecule has 0 radical (unpaired) electrons. The number of rotatable bonds is 7. The largest absolute Gasteiger partial charge is 0.441 e. The Kier molecular flexibility index (Phi) is 5.46. The van der Waals surface area contributed by atoms with E-state index in [1.807, 2.05) is 49.1 Å². The topological polar surface area (TPSA) is 29.5 Å². The van der Waals surface area contributed by atoms with Crippen LogP contribution >= 0.6 is 0 Å². The molecule has 2 atom stereocenters. The molecule has 0 aromatic heterocycles. The van der Waals surface area contributed by atoms with E-state index < -0.39 is 5.60 Å². The lowest BCUT2D eigenvalue weighted by molar-refractivity contribution is 0.0668. The van der Waals surface area contributed by atoms with E-state index in [4.69, 9.17) is 4.74 Å². The van der Waals surface area contributed by atoms with Gasteiger partial charge < -0.3 is 4.74 Å². The number of carbonyl (C=O) groups is 1. The highest BCUT2D eigenvalue weighted by atomic mass is 16.6. The number of hydrogen-bond donors (Lipinski definition) is 0. The molecule has 26 heavy (non-hydrogen) atoms. The maximum absolute atomic E-state index is 12.8. The van der Waals surface area contributed by atoms with Crippen LogP contribution < -0.4 is 0 Å². The summed E-state index contributed by atoms with van der Waals surface area (Å²) >= 11 is 0. The van der Waals surface area contributed by atoms with E-state index in [0.717, 1.165) is 24.8 Å². The summed E-state index contributed by atoms with van der Waals surface area (Å²) in [6.45, 7) is 7.89. The zero-order valence-electron chi connectivity index (χ0n) is 15.6. The Morgan fingerprint density at radius 2 is 1.73 bits per heavy atom. The maximum Gasteiger partial charge on any atom is 0.411 e. The fourth-order valence-corrected chi connectivity index (χ4v) is 3.87. The fraction of sp³-hybridized carbons (Fsp3) is 0.348. The summed E-state index contributed by atoms with van der Waals surface area (Å²) < 4.78 is 5.76. The number of carbonyl (C=O) groups excluding carboxylic acids is 1. The maximum atomic E-state index is 12.8. The third-order valence-corrected chi connectivity index (χ3v) is 5.05. The van der Waals surface area contributed by atoms with E-state index in [1.165, 1.54) is 5.56 Å². The molecule has 1 fully saturated rings. The first kappa shape index (κ1) is 18.2. The van der Waals surface area contributed by atoms with Gasteiger partial charge in [-0.3, -0.25) is 4.90 Å². The number of hydrogen-bond acceptors (Lipinski definition) is 2. The Labute approximate surface area is 156 Å². The smallest absolute Gasteiger partial charge is 0.411 e. The van der Waals surface area contributed by atoms with Crippen molar-refractivity contribution < 1.29 is 9.53 Å². The molecule has 3 nitrogen and oxygen atoms in total. The van der Waals surface area contributed by atoms with Crippen LogP contribution in [0, 0.1) is 0 Å². The van der Waals surface area contributed by atoms with Gasteiger partial charge in [0.2, 0.25) is 0 Å². The molecule has 3 rings (SSSR count). The van der Waals surface area contributed by atoms with Crippen LogP contribution in [0.2, 0.25) is 0 Å². The van der Waals surface area contributed by atoms with E-state index in [-0.39, 0.29) is 18.2 Å². The van der Waals surface area contributed by atoms with Gasteiger partial charge in [-0.15, -0.1) is 6.58 Å². The highest BCUT2D eigenvalue weighted by Gasteiger charge is 2.50. The second-order valence-corrected chi connectivity index (χ2v) is 7.39. The molecule has 0 bridgehead atoms. The predicted octanol–water partition coefficient (Wildman–Crippen LogP) is 5.54. The van der Waals surface area contributed by atoms with Crippen LogP contribution in [0.15, 0.2) is 73.3 Å². The lowest BCUT2D eigenvalue weighted by Gasteiger charge is -2.34. The molecule has 1 amide bonds. The third kappa shape index (κ3) is 3.82. The highest BCUT2D eigenvalue weighted by Crippen LogP contribution is 2.43. The van der Waals surface area contributed by atoms with Crippen LogP contribution in [0.1, 0.15) is 43.9 Å². The second-order valence-electron chi connectivity index (χ2n) is 7.39. The normalized spacial score (nSPS) is 19.8. The fourth-order valence-electron chi connectivity index (χ4n) is 3.87. The number of nitrogens with zero attached hydrogens (tertiary/aromatic N) is 1. The quantitative estimate of drug-likeness (QED) is 0.615. The Morgan fingerprint density at radius 3 is 2.35 bits per heavy atom. The molecule has 136 valence electrons. The summed E-state index contributed by atoms with van der Waals surface area (Å²) in [6.07, 6.45) is 4.22. The highest BCUT2D eigenvalue weighted by molar-refractivity contribution is 5.72. The van der Waals surface area contributed by atoms with Gasteiger partial charge in [0.25, 0.3) is 0 Å². The molecule has 3 heteroatoms. The second kappa shape index (κ2) is 7.77. The van der Waals surface area contributed by atoms with Crippen molar-refractivity contribution in [3.63, 3.8) is 0 Å². The molecule has 1 saturated heterocycles. The van der Waals surface area contributed by atoms with E-state index in [1.54, 1.807) is 0 Å². The number of ether oxygens (including phenoxy) is 1. The van der Waals surface area contributed by atoms with Gasteiger partial charge in [0.05, 0.1) is 6.04 Å². The molecule has 1 aliphatic heterocycles. The van der Waals surface area contributed by atoms with Crippen molar-refractivity contribution in [2.45, 2.75) is 50.8 Å². The Balaban J connectivity index is 1.87. The molecule has 0 saturated carbocycles. The lowest BCUT2D eigenvalue weighted by Crippen LogP contribution is -2.41. The van der Waals surface area contributed by atoms with Crippen LogP contribution in [0.3, 0.4) is 0 Å². The Hall–Kier alpha value is -2.55. The van der Waals surface area contributed by atoms with E-state index >= 15 is 0 Å². The monoisotopic (exact) mass is 349 g/mol. The molecular weight excluding hydrogens is 322 g/mol. The standard InChI is InChI=1S/C23H27NO2/c1-4-11-20(17-16-18-12-7-5-8-13-18)24-21(19-14-9-6-10-15-19)23(2,3)26-22(24)25/h4-10,12-15,20-21H,1,11,16-17H2,2-3H3/t20-,21-/m1/s1. The molecule has 1 heterocycles. The minimum absolute atomic E-state index is 0.0622. The summed E-state index contributed by atoms with van der Waals surface area (Å²) in [5.41, 5.74) is 1.83. The zero-order chi connectivity index (χ0) is 18.6. The molecule has 0 unspecified atom stereocenters. The Morgan fingerprint density at radius 1 is 1.12 bits per heavy atom. The summed E-state index contributed by atoms with van der Waals surface area (Å²) in [7, 11) is 0. The number of aryl methyl sites for hydroxylation is 1. The number of benzene rings is 2. The van der Waals surface area contributed by atoms with Gasteiger partial charge >= 0.3 is 6.09 Å². The van der Waals surface area contributed by atoms with Crippen LogP contribution in [0.25, 0.3) is 0 Å². The third-order valence-electron chi connectivity index (χ3n) is 5.05. The van der Waals surface area contributed by atoms with Crippen molar-refractivity contribution >= 4 is 6.09 Å². The SMILES string of the molecule is C=CC[C@H](CCc1ccccc1)N1C(=O)OC(C)(C)[C@H]1c1ccccc1. The molecule has 0 N–H and O–H groups in total. The molecule has 0 aliphatic carbocycles. The average Bonchev–Trinajstić information content (AvgIpc) is 2.88. The first-order valence-electron chi connectivity index (χ1n) is 9.24. The number of amides is 1. The van der Waals surface area contributed by atoms with Crippen molar-refractivity contribution in [1.82, 2.24) is 4.90 Å². The van der Waals surface area contributed by atoms with Gasteiger partial charge in [-0.25, -0.2) is 4.79 Å². The molecule has 1 aliphatic rings. The molecular formula is C23H27NO2. The summed E-state index contributed by atoms with van der Waals surface area (Å²) in [5, 5.41) is 0. The van der Waals surface area contributed by atoms with Crippen LogP contribution in [-0.2, 0) is 11.2 Å². The van der Waals surface area contributed by atoms with Gasteiger partial charge in [-0.1, -0.05) is 66.7 Å². The van der Waals surface area contributed by atoms with Crippen LogP contribution in [0.5, 0.6) is 0 Å². The van der Waals surface area contributed by atoms with E-state index in [2.05, 4.69) is 43.0 Å². The van der Waals surface area contributed by atoms with Gasteiger partial charge in [0, 0.05) is 6.04 Å². The summed E-state index contributed by atoms with van der Waals surface area (Å²) in [6, 6.07) is 20.5. The van der Waals surface area contributed by atoms with Crippen molar-refractivity contribution in [3.05, 3.63) is 84.4 Å². The minimum atomic E-state index is -0.565. The minimum Gasteiger partial charge on any atom is -0.441 e. The van der Waals surface area contributed by atoms with Gasteiger partial charge in [0.1, 0.15) is 5.60 Å². The summed E-state index contributed by atoms with van der Waals surface area (Å²) in [5.74, 6) is 0. The Bertz CT molecular complexity index is 739. The average molecular weight is 349 g/mol. The molecule has 2 aromatic carbocycles. The van der Waals surface area contributed by atoms with Gasteiger partial charge in [-0.2, -0.15) is 0 Å². The van der Waals surface area contributed by atoms with Crippen molar-refractivity contribution in [1.29, 1.82) is 0 Å². The van der Waals surface area contributed by atoms with Crippen LogP contribution in [0.4, 0.5) is 4.79 Å². The van der Waals surface area contributed by atoms with Crippen molar-refractivity contribution in [3.8, 4) is 0 Å².